The summed E-state index contributed by atoms with van der Waals surface area (Å²) in [4.78, 5) is 0. The summed E-state index contributed by atoms with van der Waals surface area (Å²) in [5.41, 5.74) is 3.79. The van der Waals surface area contributed by atoms with Gasteiger partial charge < -0.3 is 9.47 Å². The van der Waals surface area contributed by atoms with Gasteiger partial charge in [0.25, 0.3) is 0 Å². The molecule has 1 saturated heterocycles. The number of nitrogens with two attached hydrogens (primary N) is 1. The molecule has 0 amide bonds. The topological polar surface area (TPSA) is 74.3 Å². The minimum atomic E-state index is 0.000509. The summed E-state index contributed by atoms with van der Waals surface area (Å²) in [7, 11) is 3.53. The van der Waals surface area contributed by atoms with E-state index >= 15 is 0 Å². The Kier molecular flexibility index (Phi) is 3.98. The maximum absolute atomic E-state index is 5.63. The summed E-state index contributed by atoms with van der Waals surface area (Å²) in [6, 6.07) is 0.000509. The third kappa shape index (κ3) is 2.59. The minimum Gasteiger partial charge on any atom is -0.493 e. The number of rotatable bonds is 5. The van der Waals surface area contributed by atoms with E-state index in [1.807, 2.05) is 7.05 Å². The summed E-state index contributed by atoms with van der Waals surface area (Å²) < 4.78 is 12.7. The fourth-order valence-electron chi connectivity index (χ4n) is 2.33. The Morgan fingerprint density at radius 3 is 3.18 bits per heavy atom. The van der Waals surface area contributed by atoms with Crippen molar-refractivity contribution in [1.29, 1.82) is 0 Å². The highest BCUT2D eigenvalue weighted by Crippen LogP contribution is 2.29. The second kappa shape index (κ2) is 5.48. The molecule has 2 heterocycles. The van der Waals surface area contributed by atoms with E-state index in [4.69, 9.17) is 15.3 Å². The molecule has 2 unspecified atom stereocenters. The van der Waals surface area contributed by atoms with Crippen LogP contribution in [0.4, 0.5) is 0 Å². The van der Waals surface area contributed by atoms with Gasteiger partial charge in [0.2, 0.25) is 0 Å². The predicted molar refractivity (Wildman–Crippen MR) is 63.4 cm³/mol. The fourth-order valence-corrected chi connectivity index (χ4v) is 2.33. The second-order valence-electron chi connectivity index (χ2n) is 4.31. The van der Waals surface area contributed by atoms with Crippen molar-refractivity contribution >= 4 is 0 Å². The number of hydrazine groups is 1. The van der Waals surface area contributed by atoms with Gasteiger partial charge in [-0.2, -0.15) is 5.10 Å². The molecule has 0 bridgehead atoms. The summed E-state index contributed by atoms with van der Waals surface area (Å²) in [5, 5.41) is 4.19. The molecule has 6 nitrogen and oxygen atoms in total. The van der Waals surface area contributed by atoms with Crippen molar-refractivity contribution in [3.8, 4) is 5.75 Å². The summed E-state index contributed by atoms with van der Waals surface area (Å²) >= 11 is 0. The van der Waals surface area contributed by atoms with Crippen LogP contribution in [0.5, 0.6) is 5.75 Å². The van der Waals surface area contributed by atoms with Crippen LogP contribution in [0.25, 0.3) is 0 Å². The number of aryl methyl sites for hydroxylation is 1. The number of aromatic nitrogens is 2. The molecule has 0 radical (unpaired) electrons. The van der Waals surface area contributed by atoms with Gasteiger partial charge in [-0.05, 0) is 19.3 Å². The maximum atomic E-state index is 5.63. The molecule has 96 valence electrons. The Morgan fingerprint density at radius 2 is 2.59 bits per heavy atom. The smallest absolute Gasteiger partial charge is 0.161 e. The molecule has 17 heavy (non-hydrogen) atoms. The largest absolute Gasteiger partial charge is 0.493 e. The van der Waals surface area contributed by atoms with Gasteiger partial charge in [-0.25, -0.2) is 0 Å². The van der Waals surface area contributed by atoms with Crippen LogP contribution in [0.15, 0.2) is 6.20 Å². The van der Waals surface area contributed by atoms with E-state index in [1.165, 1.54) is 0 Å². The average Bonchev–Trinajstić information content (AvgIpc) is 2.95. The Labute approximate surface area is 101 Å². The molecule has 6 heteroatoms. The van der Waals surface area contributed by atoms with Gasteiger partial charge in [-0.3, -0.25) is 16.0 Å². The Bertz CT molecular complexity index is 360. The normalized spacial score (nSPS) is 21.7. The van der Waals surface area contributed by atoms with Crippen molar-refractivity contribution in [3.05, 3.63) is 11.9 Å². The molecule has 0 aliphatic carbocycles. The Morgan fingerprint density at radius 1 is 1.76 bits per heavy atom. The second-order valence-corrected chi connectivity index (χ2v) is 4.31. The van der Waals surface area contributed by atoms with E-state index < -0.39 is 0 Å². The minimum absolute atomic E-state index is 0.000509. The zero-order valence-corrected chi connectivity index (χ0v) is 10.3. The lowest BCUT2D eigenvalue weighted by Crippen LogP contribution is -2.32. The number of nitrogens with one attached hydrogen (secondary N) is 1. The van der Waals surface area contributed by atoms with Crippen LogP contribution < -0.4 is 16.0 Å². The van der Waals surface area contributed by atoms with Crippen LogP contribution in [0.2, 0.25) is 0 Å². The third-order valence-electron chi connectivity index (χ3n) is 3.22. The molecule has 0 aromatic carbocycles. The van der Waals surface area contributed by atoms with Gasteiger partial charge in [0.1, 0.15) is 0 Å². The molecular formula is C11H20N4O2. The third-order valence-corrected chi connectivity index (χ3v) is 3.22. The van der Waals surface area contributed by atoms with Crippen LogP contribution in [0.3, 0.4) is 0 Å². The first-order chi connectivity index (χ1) is 8.26. The van der Waals surface area contributed by atoms with E-state index in [0.29, 0.717) is 0 Å². The van der Waals surface area contributed by atoms with Gasteiger partial charge in [0, 0.05) is 13.7 Å². The molecule has 2 atom stereocenters. The van der Waals surface area contributed by atoms with Crippen molar-refractivity contribution < 1.29 is 9.47 Å². The summed E-state index contributed by atoms with van der Waals surface area (Å²) in [6.45, 7) is 0.852. The maximum Gasteiger partial charge on any atom is 0.161 e. The first-order valence-electron chi connectivity index (χ1n) is 5.90. The standard InChI is InChI=1S/C11H20N4O2/c1-15-11(10(16-2)7-13-15)9(14-12)6-8-4-3-5-17-8/h7-9,14H,3-6,12H2,1-2H3. The molecule has 1 aromatic rings. The van der Waals surface area contributed by atoms with Crippen LogP contribution in [0, 0.1) is 0 Å². The van der Waals surface area contributed by atoms with Crippen LogP contribution >= 0.6 is 0 Å². The first-order valence-corrected chi connectivity index (χ1v) is 5.90. The van der Waals surface area contributed by atoms with Gasteiger partial charge in [-0.15, -0.1) is 0 Å². The Hall–Kier alpha value is -1.11. The average molecular weight is 240 g/mol. The molecule has 1 fully saturated rings. The lowest BCUT2D eigenvalue weighted by atomic mass is 10.0. The number of nitrogens with zero attached hydrogens (tertiary/aromatic N) is 2. The Balaban J connectivity index is 2.12. The SMILES string of the molecule is COc1cnn(C)c1C(CC1CCCO1)NN. The number of methoxy groups -OCH3 is 1. The molecule has 1 aliphatic rings. The van der Waals surface area contributed by atoms with E-state index in [1.54, 1.807) is 18.0 Å². The lowest BCUT2D eigenvalue weighted by Gasteiger charge is -2.20. The highest BCUT2D eigenvalue weighted by Gasteiger charge is 2.25. The van der Waals surface area contributed by atoms with Gasteiger partial charge in [0.05, 0.1) is 31.1 Å². The van der Waals surface area contributed by atoms with E-state index in [9.17, 15) is 0 Å². The molecule has 3 N–H and O–H groups in total. The molecule has 1 aliphatic heterocycles. The molecule has 1 aromatic heterocycles. The molecule has 0 saturated carbocycles. The first kappa shape index (κ1) is 12.3. The molecular weight excluding hydrogens is 220 g/mol. The van der Waals surface area contributed by atoms with Crippen LogP contribution in [-0.2, 0) is 11.8 Å². The number of ether oxygens (including phenoxy) is 2. The fraction of sp³-hybridized carbons (Fsp3) is 0.727. The zero-order valence-electron chi connectivity index (χ0n) is 10.3. The quantitative estimate of drug-likeness (QED) is 0.579. The van der Waals surface area contributed by atoms with E-state index in [-0.39, 0.29) is 12.1 Å². The van der Waals surface area contributed by atoms with Crippen molar-refractivity contribution in [2.24, 2.45) is 12.9 Å². The van der Waals surface area contributed by atoms with Gasteiger partial charge in [-0.1, -0.05) is 0 Å². The lowest BCUT2D eigenvalue weighted by molar-refractivity contribution is 0.0934. The predicted octanol–water partition coefficient (Wildman–Crippen LogP) is 0.502. The molecule has 2 rings (SSSR count). The van der Waals surface area contributed by atoms with Crippen molar-refractivity contribution in [2.45, 2.75) is 31.4 Å². The van der Waals surface area contributed by atoms with Crippen molar-refractivity contribution in [1.82, 2.24) is 15.2 Å². The van der Waals surface area contributed by atoms with Crippen LogP contribution in [-0.4, -0.2) is 29.6 Å². The van der Waals surface area contributed by atoms with Crippen molar-refractivity contribution in [2.75, 3.05) is 13.7 Å². The van der Waals surface area contributed by atoms with Gasteiger partial charge >= 0.3 is 0 Å². The number of hydrogen-bond acceptors (Lipinski definition) is 5. The van der Waals surface area contributed by atoms with Crippen molar-refractivity contribution in [3.63, 3.8) is 0 Å². The number of hydrogen-bond donors (Lipinski definition) is 2. The molecule has 0 spiro atoms. The van der Waals surface area contributed by atoms with Gasteiger partial charge in [0.15, 0.2) is 5.75 Å². The van der Waals surface area contributed by atoms with Crippen LogP contribution in [0.1, 0.15) is 31.0 Å². The summed E-state index contributed by atoms with van der Waals surface area (Å²) in [5.74, 6) is 6.39. The summed E-state index contributed by atoms with van der Waals surface area (Å²) in [6.07, 6.45) is 5.04. The van der Waals surface area contributed by atoms with E-state index in [2.05, 4.69) is 10.5 Å². The highest BCUT2D eigenvalue weighted by molar-refractivity contribution is 5.28. The highest BCUT2D eigenvalue weighted by atomic mass is 16.5. The zero-order chi connectivity index (χ0) is 12.3. The van der Waals surface area contributed by atoms with E-state index in [0.717, 1.165) is 37.3 Å². The monoisotopic (exact) mass is 240 g/mol.